The van der Waals surface area contributed by atoms with Crippen LogP contribution in [0.1, 0.15) is 20.8 Å². The van der Waals surface area contributed by atoms with Gasteiger partial charge in [-0.05, 0) is 60.5 Å². The quantitative estimate of drug-likeness (QED) is 0.323. The minimum absolute atomic E-state index is 0.114. The fourth-order valence-electron chi connectivity index (χ4n) is 3.69. The van der Waals surface area contributed by atoms with E-state index in [1.807, 2.05) is 24.3 Å². The molecule has 0 saturated heterocycles. The van der Waals surface area contributed by atoms with E-state index >= 15 is 0 Å². The molecule has 0 aliphatic carbocycles. The third-order valence-electron chi connectivity index (χ3n) is 5.27. The van der Waals surface area contributed by atoms with E-state index in [0.29, 0.717) is 27.7 Å². The third kappa shape index (κ3) is 3.42. The summed E-state index contributed by atoms with van der Waals surface area (Å²) in [6.45, 7) is 1.78. The number of aromatic hydroxyl groups is 1. The molecule has 2 heterocycles. The summed E-state index contributed by atoms with van der Waals surface area (Å²) in [6.07, 6.45) is 1.38. The molecule has 0 amide bonds. The van der Waals surface area contributed by atoms with Crippen molar-refractivity contribution >= 4 is 33.0 Å². The Labute approximate surface area is 186 Å². The molecule has 0 aliphatic heterocycles. The number of ketones is 1. The molecule has 0 atom stereocenters. The number of carbonyl (C=O) groups excluding carboxylic acids is 1. The Kier molecular flexibility index (Phi) is 4.75. The van der Waals surface area contributed by atoms with Crippen molar-refractivity contribution in [1.82, 2.24) is 4.98 Å². The molecule has 0 bridgehead atoms. The van der Waals surface area contributed by atoms with E-state index in [4.69, 9.17) is 10.2 Å². The molecule has 5 aromatic rings. The maximum Gasteiger partial charge on any atom is 0.227 e. The molecule has 32 heavy (non-hydrogen) atoms. The lowest BCUT2D eigenvalue weighted by Crippen LogP contribution is -2.04. The van der Waals surface area contributed by atoms with Crippen molar-refractivity contribution in [3.8, 4) is 28.3 Å². The smallest absolute Gasteiger partial charge is 0.227 e. The average Bonchev–Trinajstić information content (AvgIpc) is 3.38. The number of hydrogen-bond acceptors (Lipinski definition) is 6. The molecule has 3 aromatic carbocycles. The molecule has 2 aromatic heterocycles. The Morgan fingerprint density at radius 1 is 1.06 bits per heavy atom. The number of thiophene rings is 1. The average molecular weight is 444 g/mol. The van der Waals surface area contributed by atoms with Crippen LogP contribution in [0, 0.1) is 12.7 Å². The number of carbonyl (C=O) groups is 1. The van der Waals surface area contributed by atoms with E-state index in [0.717, 1.165) is 26.8 Å². The maximum absolute atomic E-state index is 13.9. The Morgan fingerprint density at radius 3 is 2.53 bits per heavy atom. The van der Waals surface area contributed by atoms with Gasteiger partial charge in [0.2, 0.25) is 11.7 Å². The topological polar surface area (TPSA) is 89.3 Å². The first-order chi connectivity index (χ1) is 15.4. The van der Waals surface area contributed by atoms with Gasteiger partial charge in [0.25, 0.3) is 0 Å². The molecule has 0 spiro atoms. The van der Waals surface area contributed by atoms with Crippen molar-refractivity contribution < 1.29 is 18.7 Å². The molecule has 0 fully saturated rings. The van der Waals surface area contributed by atoms with Gasteiger partial charge in [0.05, 0.1) is 4.88 Å². The second kappa shape index (κ2) is 7.62. The number of fused-ring (bicyclic) bond motifs is 1. The number of aromatic nitrogens is 1. The van der Waals surface area contributed by atoms with E-state index in [1.165, 1.54) is 29.7 Å². The summed E-state index contributed by atoms with van der Waals surface area (Å²) < 4.78 is 20.0. The maximum atomic E-state index is 13.9. The Morgan fingerprint density at radius 2 is 1.81 bits per heavy atom. The van der Waals surface area contributed by atoms with Crippen LogP contribution in [0.4, 0.5) is 10.2 Å². The van der Waals surface area contributed by atoms with Crippen LogP contribution >= 0.6 is 11.3 Å². The van der Waals surface area contributed by atoms with Gasteiger partial charge in [-0.25, -0.2) is 4.39 Å². The summed E-state index contributed by atoms with van der Waals surface area (Å²) in [5.74, 6) is 0.0889. The van der Waals surface area contributed by atoms with E-state index < -0.39 is 5.82 Å². The molecule has 0 saturated carbocycles. The third-order valence-corrected chi connectivity index (χ3v) is 6.42. The summed E-state index contributed by atoms with van der Waals surface area (Å²) in [6, 6.07) is 16.6. The fourth-order valence-corrected chi connectivity index (χ4v) is 4.90. The molecule has 3 N–H and O–H groups in total. The first-order valence-electron chi connectivity index (χ1n) is 9.79. The molecule has 5 nitrogen and oxygen atoms in total. The van der Waals surface area contributed by atoms with Crippen LogP contribution in [-0.2, 0) is 0 Å². The number of halogens is 1. The van der Waals surface area contributed by atoms with Crippen molar-refractivity contribution in [1.29, 1.82) is 0 Å². The Balaban J connectivity index is 1.68. The highest BCUT2D eigenvalue weighted by molar-refractivity contribution is 7.21. The van der Waals surface area contributed by atoms with Gasteiger partial charge in [0.1, 0.15) is 17.8 Å². The lowest BCUT2D eigenvalue weighted by molar-refractivity contribution is 0.104. The van der Waals surface area contributed by atoms with Gasteiger partial charge in [-0.1, -0.05) is 18.2 Å². The van der Waals surface area contributed by atoms with Crippen LogP contribution < -0.4 is 5.73 Å². The largest absolute Gasteiger partial charge is 0.508 e. The van der Waals surface area contributed by atoms with Crippen LogP contribution in [0.25, 0.3) is 32.7 Å². The van der Waals surface area contributed by atoms with Gasteiger partial charge in [-0.2, -0.15) is 4.98 Å². The van der Waals surface area contributed by atoms with Gasteiger partial charge in [-0.15, -0.1) is 11.3 Å². The van der Waals surface area contributed by atoms with Crippen LogP contribution in [0.2, 0.25) is 0 Å². The molecule has 0 unspecified atom stereocenters. The zero-order valence-electron chi connectivity index (χ0n) is 16.9. The van der Waals surface area contributed by atoms with E-state index in [1.54, 1.807) is 31.2 Å². The number of benzene rings is 3. The van der Waals surface area contributed by atoms with E-state index in [9.17, 15) is 14.3 Å². The zero-order chi connectivity index (χ0) is 22.4. The van der Waals surface area contributed by atoms with Crippen LogP contribution in [0.5, 0.6) is 5.75 Å². The summed E-state index contributed by atoms with van der Waals surface area (Å²) in [5, 5.41) is 10.8. The highest BCUT2D eigenvalue weighted by Crippen LogP contribution is 2.42. The minimum atomic E-state index is -0.464. The van der Waals surface area contributed by atoms with E-state index in [2.05, 4.69) is 4.98 Å². The molecule has 5 rings (SSSR count). The molecular formula is C25H17FN2O3S. The van der Waals surface area contributed by atoms with E-state index in [-0.39, 0.29) is 11.5 Å². The Hall–Kier alpha value is -3.97. The normalized spacial score (nSPS) is 11.2. The van der Waals surface area contributed by atoms with Crippen LogP contribution in [0.3, 0.4) is 0 Å². The summed E-state index contributed by atoms with van der Waals surface area (Å²) in [4.78, 5) is 18.1. The predicted octanol–water partition coefficient (Wildman–Crippen LogP) is 6.19. The second-order valence-electron chi connectivity index (χ2n) is 7.43. The lowest BCUT2D eigenvalue weighted by atomic mass is 9.96. The summed E-state index contributed by atoms with van der Waals surface area (Å²) >= 11 is 1.27. The van der Waals surface area contributed by atoms with Gasteiger partial charge in [0.15, 0.2) is 5.82 Å². The van der Waals surface area contributed by atoms with Crippen molar-refractivity contribution in [3.05, 3.63) is 88.7 Å². The molecular weight excluding hydrogens is 427 g/mol. The zero-order valence-corrected chi connectivity index (χ0v) is 17.7. The first kappa shape index (κ1) is 20.0. The van der Waals surface area contributed by atoms with Crippen molar-refractivity contribution in [2.75, 3.05) is 5.73 Å². The highest BCUT2D eigenvalue weighted by atomic mass is 32.1. The number of aryl methyl sites for hydroxylation is 1. The summed E-state index contributed by atoms with van der Waals surface area (Å²) in [5.41, 5.74) is 8.94. The number of nitrogens with two attached hydrogens (primary N) is 1. The monoisotopic (exact) mass is 444 g/mol. The lowest BCUT2D eigenvalue weighted by Gasteiger charge is -2.08. The first-order valence-corrected chi connectivity index (χ1v) is 10.6. The molecule has 0 aliphatic rings. The standard InChI is InChI=1S/C25H17FN2O3S/c1-13-2-7-16(26)10-19(13)23(30)24-22(18-9-8-17(29)11-20(18)32-24)14-3-5-15(6-4-14)25-28-21(27)12-31-25/h2-12,29H,27H2,1H3. The number of anilines is 1. The molecule has 158 valence electrons. The second-order valence-corrected chi connectivity index (χ2v) is 8.48. The number of phenolic OH excluding ortho intramolecular Hbond substituents is 1. The highest BCUT2D eigenvalue weighted by Gasteiger charge is 2.23. The number of nitrogens with zero attached hydrogens (tertiary/aromatic N) is 1. The Bertz CT molecular complexity index is 1490. The molecule has 0 radical (unpaired) electrons. The van der Waals surface area contributed by atoms with Crippen molar-refractivity contribution in [2.45, 2.75) is 6.92 Å². The van der Waals surface area contributed by atoms with Gasteiger partial charge < -0.3 is 15.3 Å². The van der Waals surface area contributed by atoms with Crippen molar-refractivity contribution in [2.24, 2.45) is 0 Å². The minimum Gasteiger partial charge on any atom is -0.508 e. The van der Waals surface area contributed by atoms with Crippen LogP contribution in [0.15, 0.2) is 71.3 Å². The number of nitrogen functional groups attached to an aromatic ring is 1. The van der Waals surface area contributed by atoms with Gasteiger partial charge in [0, 0.05) is 26.8 Å². The molecule has 7 heteroatoms. The SMILES string of the molecule is Cc1ccc(F)cc1C(=O)c1sc2cc(O)ccc2c1-c1ccc(-c2nc(N)co2)cc1. The van der Waals surface area contributed by atoms with Gasteiger partial charge in [-0.3, -0.25) is 4.79 Å². The fraction of sp³-hybridized carbons (Fsp3) is 0.0400. The predicted molar refractivity (Wildman–Crippen MR) is 123 cm³/mol. The van der Waals surface area contributed by atoms with Crippen LogP contribution in [-0.4, -0.2) is 15.9 Å². The van der Waals surface area contributed by atoms with Gasteiger partial charge >= 0.3 is 0 Å². The number of phenols is 1. The number of rotatable bonds is 4. The van der Waals surface area contributed by atoms with Crippen molar-refractivity contribution in [3.63, 3.8) is 0 Å². The summed E-state index contributed by atoms with van der Waals surface area (Å²) in [7, 11) is 0. The number of hydrogen-bond donors (Lipinski definition) is 2. The number of oxazole rings is 1.